The number of nitrogens with zero attached hydrogens (tertiary/aromatic N) is 1. The van der Waals surface area contributed by atoms with Gasteiger partial charge in [-0.3, -0.25) is 0 Å². The molecule has 5 nitrogen and oxygen atoms in total. The number of hydrogen-bond acceptors (Lipinski definition) is 3. The molecule has 1 aromatic carbocycles. The standard InChI is InChI=1S/C15H21N3O2/c1-3-15(20,4-2)11-17-14(19)18-13-7-5-12(6-8-13)9-10-16/h5-8,20H,3-4,9,11H2,1-2H3,(H2,17,18,19). The maximum Gasteiger partial charge on any atom is 0.319 e. The van der Waals surface area contributed by atoms with Crippen molar-refractivity contribution in [3.05, 3.63) is 29.8 Å². The lowest BCUT2D eigenvalue weighted by Crippen LogP contribution is -2.43. The van der Waals surface area contributed by atoms with Crippen LogP contribution in [-0.2, 0) is 6.42 Å². The quantitative estimate of drug-likeness (QED) is 0.745. The van der Waals surface area contributed by atoms with Gasteiger partial charge in [0.05, 0.1) is 18.1 Å². The van der Waals surface area contributed by atoms with Crippen molar-refractivity contribution >= 4 is 11.7 Å². The van der Waals surface area contributed by atoms with Gasteiger partial charge in [-0.15, -0.1) is 0 Å². The normalized spacial score (nSPS) is 10.7. The molecular formula is C15H21N3O2. The van der Waals surface area contributed by atoms with E-state index in [9.17, 15) is 9.90 Å². The molecule has 0 fully saturated rings. The van der Waals surface area contributed by atoms with Crippen molar-refractivity contribution in [2.24, 2.45) is 0 Å². The number of anilines is 1. The van der Waals surface area contributed by atoms with E-state index >= 15 is 0 Å². The minimum atomic E-state index is -0.853. The monoisotopic (exact) mass is 275 g/mol. The van der Waals surface area contributed by atoms with Gasteiger partial charge in [0, 0.05) is 12.2 Å². The fourth-order valence-electron chi connectivity index (χ4n) is 1.72. The zero-order valence-corrected chi connectivity index (χ0v) is 11.9. The number of amides is 2. The summed E-state index contributed by atoms with van der Waals surface area (Å²) < 4.78 is 0. The lowest BCUT2D eigenvalue weighted by Gasteiger charge is -2.25. The second kappa shape index (κ2) is 7.51. The minimum absolute atomic E-state index is 0.221. The van der Waals surface area contributed by atoms with Crippen LogP contribution in [-0.4, -0.2) is 23.3 Å². The molecule has 1 aromatic rings. The SMILES string of the molecule is CCC(O)(CC)CNC(=O)Nc1ccc(CC#N)cc1. The molecule has 20 heavy (non-hydrogen) atoms. The van der Waals surface area contributed by atoms with Gasteiger partial charge in [0.15, 0.2) is 0 Å². The second-order valence-electron chi connectivity index (χ2n) is 4.77. The van der Waals surface area contributed by atoms with E-state index in [1.165, 1.54) is 0 Å². The Bertz CT molecular complexity index is 473. The summed E-state index contributed by atoms with van der Waals surface area (Å²) in [6.45, 7) is 3.99. The van der Waals surface area contributed by atoms with E-state index in [1.807, 2.05) is 13.8 Å². The van der Waals surface area contributed by atoms with E-state index < -0.39 is 5.60 Å². The van der Waals surface area contributed by atoms with Gasteiger partial charge in [-0.2, -0.15) is 5.26 Å². The molecule has 0 heterocycles. The average molecular weight is 275 g/mol. The van der Waals surface area contributed by atoms with Crippen LogP contribution in [0, 0.1) is 11.3 Å². The molecule has 5 heteroatoms. The fraction of sp³-hybridized carbons (Fsp3) is 0.467. The molecule has 3 N–H and O–H groups in total. The molecule has 0 radical (unpaired) electrons. The summed E-state index contributed by atoms with van der Waals surface area (Å²) >= 11 is 0. The third-order valence-electron chi connectivity index (χ3n) is 3.39. The first kappa shape index (κ1) is 16.0. The second-order valence-corrected chi connectivity index (χ2v) is 4.77. The predicted octanol–water partition coefficient (Wildman–Crippen LogP) is 2.43. The van der Waals surface area contributed by atoms with Crippen LogP contribution in [0.15, 0.2) is 24.3 Å². The first-order chi connectivity index (χ1) is 9.53. The highest BCUT2D eigenvalue weighted by Crippen LogP contribution is 2.13. The Kier molecular flexibility index (Phi) is 6.01. The summed E-state index contributed by atoms with van der Waals surface area (Å²) in [6.07, 6.45) is 1.53. The average Bonchev–Trinajstić information content (AvgIpc) is 2.47. The molecule has 108 valence electrons. The summed E-state index contributed by atoms with van der Waals surface area (Å²) in [5, 5.41) is 24.0. The predicted molar refractivity (Wildman–Crippen MR) is 78.3 cm³/mol. The van der Waals surface area contributed by atoms with Crippen LogP contribution >= 0.6 is 0 Å². The Hall–Kier alpha value is -2.06. The fourth-order valence-corrected chi connectivity index (χ4v) is 1.72. The zero-order valence-electron chi connectivity index (χ0n) is 11.9. The van der Waals surface area contributed by atoms with E-state index in [0.29, 0.717) is 24.9 Å². The van der Waals surface area contributed by atoms with Crippen LogP contribution < -0.4 is 10.6 Å². The van der Waals surface area contributed by atoms with Gasteiger partial charge in [-0.25, -0.2) is 4.79 Å². The first-order valence-electron chi connectivity index (χ1n) is 6.76. The van der Waals surface area contributed by atoms with E-state index in [2.05, 4.69) is 16.7 Å². The molecule has 0 aliphatic rings. The molecule has 0 saturated heterocycles. The molecular weight excluding hydrogens is 254 g/mol. The van der Waals surface area contributed by atoms with Crippen molar-refractivity contribution in [2.45, 2.75) is 38.7 Å². The van der Waals surface area contributed by atoms with Gasteiger partial charge < -0.3 is 15.7 Å². The highest BCUT2D eigenvalue weighted by Gasteiger charge is 2.22. The van der Waals surface area contributed by atoms with Crippen LogP contribution in [0.3, 0.4) is 0 Å². The summed E-state index contributed by atoms with van der Waals surface area (Å²) in [5.41, 5.74) is 0.707. The third kappa shape index (κ3) is 4.90. The molecule has 0 unspecified atom stereocenters. The Morgan fingerprint density at radius 3 is 2.40 bits per heavy atom. The number of rotatable bonds is 6. The number of carbonyl (C=O) groups is 1. The molecule has 1 rings (SSSR count). The van der Waals surface area contributed by atoms with E-state index in [0.717, 1.165) is 5.56 Å². The molecule has 0 aromatic heterocycles. The number of aliphatic hydroxyl groups is 1. The van der Waals surface area contributed by atoms with Crippen molar-refractivity contribution in [2.75, 3.05) is 11.9 Å². The van der Waals surface area contributed by atoms with E-state index in [4.69, 9.17) is 5.26 Å². The van der Waals surface area contributed by atoms with Gasteiger partial charge >= 0.3 is 6.03 Å². The number of benzene rings is 1. The lowest BCUT2D eigenvalue weighted by atomic mass is 9.98. The van der Waals surface area contributed by atoms with Gasteiger partial charge in [0.1, 0.15) is 0 Å². The smallest absolute Gasteiger partial charge is 0.319 e. The van der Waals surface area contributed by atoms with Gasteiger partial charge in [0.2, 0.25) is 0 Å². The number of nitrogens with one attached hydrogen (secondary N) is 2. The highest BCUT2D eigenvalue weighted by molar-refractivity contribution is 5.89. The van der Waals surface area contributed by atoms with Gasteiger partial charge in [0.25, 0.3) is 0 Å². The molecule has 0 spiro atoms. The molecule has 0 saturated carbocycles. The van der Waals surface area contributed by atoms with Crippen molar-refractivity contribution in [1.29, 1.82) is 5.26 Å². The molecule has 0 aliphatic heterocycles. The van der Waals surface area contributed by atoms with E-state index in [-0.39, 0.29) is 12.6 Å². The molecule has 0 aliphatic carbocycles. The number of urea groups is 1. The minimum Gasteiger partial charge on any atom is -0.388 e. The Balaban J connectivity index is 2.48. The number of carbonyl (C=O) groups excluding carboxylic acids is 1. The van der Waals surface area contributed by atoms with Crippen molar-refractivity contribution in [3.63, 3.8) is 0 Å². The number of hydrogen-bond donors (Lipinski definition) is 3. The maximum absolute atomic E-state index is 11.7. The third-order valence-corrected chi connectivity index (χ3v) is 3.39. The van der Waals surface area contributed by atoms with Crippen LogP contribution in [0.2, 0.25) is 0 Å². The van der Waals surface area contributed by atoms with Crippen LogP contribution in [0.1, 0.15) is 32.3 Å². The lowest BCUT2D eigenvalue weighted by molar-refractivity contribution is 0.0354. The van der Waals surface area contributed by atoms with Gasteiger partial charge in [-0.05, 0) is 30.5 Å². The first-order valence-corrected chi connectivity index (χ1v) is 6.76. The van der Waals surface area contributed by atoms with Crippen molar-refractivity contribution < 1.29 is 9.90 Å². The van der Waals surface area contributed by atoms with Crippen molar-refractivity contribution in [1.82, 2.24) is 5.32 Å². The highest BCUT2D eigenvalue weighted by atomic mass is 16.3. The van der Waals surface area contributed by atoms with Gasteiger partial charge in [-0.1, -0.05) is 26.0 Å². The molecule has 0 bridgehead atoms. The topological polar surface area (TPSA) is 85.2 Å². The largest absolute Gasteiger partial charge is 0.388 e. The Morgan fingerprint density at radius 2 is 1.90 bits per heavy atom. The zero-order chi connectivity index (χ0) is 15.0. The summed E-state index contributed by atoms with van der Waals surface area (Å²) in [7, 11) is 0. The van der Waals surface area contributed by atoms with Crippen LogP contribution in [0.4, 0.5) is 10.5 Å². The van der Waals surface area contributed by atoms with Crippen LogP contribution in [0.25, 0.3) is 0 Å². The van der Waals surface area contributed by atoms with Crippen LogP contribution in [0.5, 0.6) is 0 Å². The maximum atomic E-state index is 11.7. The molecule has 0 atom stereocenters. The Morgan fingerprint density at radius 1 is 1.30 bits per heavy atom. The Labute approximate surface area is 119 Å². The number of nitriles is 1. The summed E-state index contributed by atoms with van der Waals surface area (Å²) in [5.74, 6) is 0. The summed E-state index contributed by atoms with van der Waals surface area (Å²) in [4.78, 5) is 11.7. The van der Waals surface area contributed by atoms with E-state index in [1.54, 1.807) is 24.3 Å². The summed E-state index contributed by atoms with van der Waals surface area (Å²) in [6, 6.07) is 8.81. The molecule has 2 amide bonds. The van der Waals surface area contributed by atoms with Crippen molar-refractivity contribution in [3.8, 4) is 6.07 Å².